The number of hydrogen-bond acceptors (Lipinski definition) is 1. The third kappa shape index (κ3) is 1.72. The van der Waals surface area contributed by atoms with E-state index in [1.165, 1.54) is 24.0 Å². The highest BCUT2D eigenvalue weighted by atomic mass is 16.1. The van der Waals surface area contributed by atoms with Gasteiger partial charge in [-0.3, -0.25) is 4.79 Å². The highest BCUT2D eigenvalue weighted by Gasteiger charge is 2.15. The Labute approximate surface area is 85.1 Å². The minimum Gasteiger partial charge on any atom is -0.295 e. The average molecular weight is 188 g/mol. The maximum absolute atomic E-state index is 11.2. The number of ketones is 1. The zero-order chi connectivity index (χ0) is 10.1. The smallest absolute Gasteiger partial charge is 0.159 e. The van der Waals surface area contributed by atoms with Gasteiger partial charge < -0.3 is 0 Å². The molecule has 0 radical (unpaired) electrons. The van der Waals surface area contributed by atoms with Gasteiger partial charge in [0, 0.05) is 5.56 Å². The second-order valence-electron chi connectivity index (χ2n) is 4.39. The Balaban J connectivity index is 2.36. The van der Waals surface area contributed by atoms with Crippen LogP contribution in [0.5, 0.6) is 0 Å². The van der Waals surface area contributed by atoms with Crippen molar-refractivity contribution in [3.63, 3.8) is 0 Å². The van der Waals surface area contributed by atoms with Gasteiger partial charge in [0.15, 0.2) is 5.78 Å². The molecule has 74 valence electrons. The Morgan fingerprint density at radius 1 is 1.36 bits per heavy atom. The maximum Gasteiger partial charge on any atom is 0.159 e. The average Bonchev–Trinajstić information content (AvgIpc) is 2.16. The number of hydrogen-bond donors (Lipinski definition) is 0. The molecule has 1 aromatic carbocycles. The van der Waals surface area contributed by atoms with Gasteiger partial charge in [-0.1, -0.05) is 19.1 Å². The van der Waals surface area contributed by atoms with Gasteiger partial charge in [0.1, 0.15) is 0 Å². The first kappa shape index (κ1) is 9.45. The summed E-state index contributed by atoms with van der Waals surface area (Å²) in [4.78, 5) is 11.2. The van der Waals surface area contributed by atoms with E-state index in [0.29, 0.717) is 0 Å². The van der Waals surface area contributed by atoms with Crippen molar-refractivity contribution in [1.82, 2.24) is 0 Å². The molecule has 1 heteroatoms. The van der Waals surface area contributed by atoms with E-state index in [1.807, 2.05) is 6.07 Å². The topological polar surface area (TPSA) is 17.1 Å². The molecule has 0 aliphatic heterocycles. The first-order chi connectivity index (χ1) is 6.66. The molecule has 0 fully saturated rings. The van der Waals surface area contributed by atoms with Crippen LogP contribution in [0.4, 0.5) is 0 Å². The summed E-state index contributed by atoms with van der Waals surface area (Å²) >= 11 is 0. The Morgan fingerprint density at radius 3 is 2.86 bits per heavy atom. The fourth-order valence-electron chi connectivity index (χ4n) is 2.16. The predicted octanol–water partition coefficient (Wildman–Crippen LogP) is 3.01. The van der Waals surface area contributed by atoms with Crippen molar-refractivity contribution >= 4 is 5.78 Å². The summed E-state index contributed by atoms with van der Waals surface area (Å²) in [6.45, 7) is 3.93. The van der Waals surface area contributed by atoms with Crippen LogP contribution in [0, 0.1) is 5.92 Å². The predicted molar refractivity (Wildman–Crippen MR) is 57.6 cm³/mol. The largest absolute Gasteiger partial charge is 0.295 e. The lowest BCUT2D eigenvalue weighted by atomic mass is 9.84. The number of carbonyl (C=O) groups is 1. The number of fused-ring (bicyclic) bond motifs is 1. The van der Waals surface area contributed by atoms with E-state index in [9.17, 15) is 4.79 Å². The maximum atomic E-state index is 11.2. The third-order valence-corrected chi connectivity index (χ3v) is 3.09. The quantitative estimate of drug-likeness (QED) is 0.619. The van der Waals surface area contributed by atoms with Crippen molar-refractivity contribution in [2.75, 3.05) is 0 Å². The van der Waals surface area contributed by atoms with Gasteiger partial charge in [0.05, 0.1) is 0 Å². The van der Waals surface area contributed by atoms with Crippen LogP contribution >= 0.6 is 0 Å². The van der Waals surface area contributed by atoms with Gasteiger partial charge in [0.25, 0.3) is 0 Å². The lowest BCUT2D eigenvalue weighted by molar-refractivity contribution is 0.101. The summed E-state index contributed by atoms with van der Waals surface area (Å²) in [5.74, 6) is 0.970. The molecule has 1 aliphatic rings. The van der Waals surface area contributed by atoms with Gasteiger partial charge in [-0.15, -0.1) is 0 Å². The van der Waals surface area contributed by atoms with Crippen LogP contribution in [0.3, 0.4) is 0 Å². The minimum atomic E-state index is 0.173. The van der Waals surface area contributed by atoms with Crippen molar-refractivity contribution in [2.45, 2.75) is 33.1 Å². The summed E-state index contributed by atoms with van der Waals surface area (Å²) in [6, 6.07) is 6.16. The molecule has 0 amide bonds. The van der Waals surface area contributed by atoms with Crippen LogP contribution in [0.1, 0.15) is 41.8 Å². The van der Waals surface area contributed by atoms with E-state index in [0.717, 1.165) is 17.9 Å². The van der Waals surface area contributed by atoms with Gasteiger partial charge in [-0.25, -0.2) is 0 Å². The van der Waals surface area contributed by atoms with Crippen molar-refractivity contribution in [3.8, 4) is 0 Å². The van der Waals surface area contributed by atoms with Crippen LogP contribution in [0.15, 0.2) is 18.2 Å². The molecule has 1 unspecified atom stereocenters. The summed E-state index contributed by atoms with van der Waals surface area (Å²) in [7, 11) is 0. The second-order valence-corrected chi connectivity index (χ2v) is 4.39. The van der Waals surface area contributed by atoms with Crippen LogP contribution in [0.25, 0.3) is 0 Å². The van der Waals surface area contributed by atoms with Gasteiger partial charge in [-0.2, -0.15) is 0 Å². The molecule has 0 bridgehead atoms. The molecule has 0 spiro atoms. The van der Waals surface area contributed by atoms with Crippen LogP contribution in [-0.2, 0) is 12.8 Å². The molecular formula is C13H16O. The van der Waals surface area contributed by atoms with E-state index in [2.05, 4.69) is 19.1 Å². The molecule has 0 N–H and O–H groups in total. The van der Waals surface area contributed by atoms with Crippen LogP contribution < -0.4 is 0 Å². The number of carbonyl (C=O) groups excluding carboxylic acids is 1. The normalized spacial score (nSPS) is 20.3. The number of Topliss-reactive ketones (excluding diaryl/α,β-unsaturated/α-hetero) is 1. The summed E-state index contributed by atoms with van der Waals surface area (Å²) < 4.78 is 0. The molecule has 1 aromatic rings. The molecule has 0 heterocycles. The van der Waals surface area contributed by atoms with Crippen LogP contribution in [0.2, 0.25) is 0 Å². The second kappa shape index (κ2) is 3.56. The number of rotatable bonds is 1. The molecule has 1 nitrogen and oxygen atoms in total. The highest BCUT2D eigenvalue weighted by molar-refractivity contribution is 5.94. The summed E-state index contributed by atoms with van der Waals surface area (Å²) in [6.07, 6.45) is 3.57. The molecule has 14 heavy (non-hydrogen) atoms. The molecule has 1 aliphatic carbocycles. The number of aryl methyl sites for hydroxylation is 1. The van der Waals surface area contributed by atoms with E-state index in [1.54, 1.807) is 6.92 Å². The molecular weight excluding hydrogens is 172 g/mol. The Morgan fingerprint density at radius 2 is 2.14 bits per heavy atom. The highest BCUT2D eigenvalue weighted by Crippen LogP contribution is 2.25. The minimum absolute atomic E-state index is 0.173. The number of benzene rings is 1. The summed E-state index contributed by atoms with van der Waals surface area (Å²) in [5, 5.41) is 0. The van der Waals surface area contributed by atoms with Gasteiger partial charge >= 0.3 is 0 Å². The van der Waals surface area contributed by atoms with E-state index in [4.69, 9.17) is 0 Å². The Kier molecular flexibility index (Phi) is 2.40. The van der Waals surface area contributed by atoms with E-state index in [-0.39, 0.29) is 5.78 Å². The molecule has 2 rings (SSSR count). The first-order valence-electron chi connectivity index (χ1n) is 5.29. The zero-order valence-electron chi connectivity index (χ0n) is 8.84. The van der Waals surface area contributed by atoms with Gasteiger partial charge in [-0.05, 0) is 49.3 Å². The lowest BCUT2D eigenvalue weighted by Gasteiger charge is -2.21. The van der Waals surface area contributed by atoms with E-state index < -0.39 is 0 Å². The Bertz CT molecular complexity index is 365. The van der Waals surface area contributed by atoms with Crippen LogP contribution in [-0.4, -0.2) is 5.78 Å². The molecule has 0 saturated carbocycles. The van der Waals surface area contributed by atoms with Gasteiger partial charge in [0.2, 0.25) is 0 Å². The van der Waals surface area contributed by atoms with Crippen molar-refractivity contribution in [2.24, 2.45) is 5.92 Å². The van der Waals surface area contributed by atoms with Crippen molar-refractivity contribution < 1.29 is 4.79 Å². The van der Waals surface area contributed by atoms with Crippen molar-refractivity contribution in [3.05, 3.63) is 34.9 Å². The van der Waals surface area contributed by atoms with E-state index >= 15 is 0 Å². The van der Waals surface area contributed by atoms with Crippen molar-refractivity contribution in [1.29, 1.82) is 0 Å². The molecule has 0 aromatic heterocycles. The zero-order valence-corrected chi connectivity index (χ0v) is 8.84. The standard InChI is InChI=1S/C13H16O/c1-9-3-4-13-8-11(10(2)14)5-6-12(13)7-9/h5-6,8-9H,3-4,7H2,1-2H3. The first-order valence-corrected chi connectivity index (χ1v) is 5.29. The summed E-state index contributed by atoms with van der Waals surface area (Å²) in [5.41, 5.74) is 3.68. The Hall–Kier alpha value is -1.11. The monoisotopic (exact) mass is 188 g/mol. The fraction of sp³-hybridized carbons (Fsp3) is 0.462. The lowest BCUT2D eigenvalue weighted by Crippen LogP contribution is -2.11. The fourth-order valence-corrected chi connectivity index (χ4v) is 2.16. The molecule has 0 saturated heterocycles. The third-order valence-electron chi connectivity index (χ3n) is 3.09. The SMILES string of the molecule is CC(=O)c1ccc2c(c1)CCC(C)C2. The molecule has 1 atom stereocenters.